The second-order valence-electron chi connectivity index (χ2n) is 8.96. The largest absolute Gasteiger partial charge is 0.479 e. The van der Waals surface area contributed by atoms with E-state index in [1.54, 1.807) is 37.3 Å². The predicted molar refractivity (Wildman–Crippen MR) is 124 cm³/mol. The first kappa shape index (κ1) is 26.0. The summed E-state index contributed by atoms with van der Waals surface area (Å²) in [4.78, 5) is 12.5. The minimum Gasteiger partial charge on any atom is -0.479 e. The number of hydrogen-bond donors (Lipinski definition) is 1. The van der Waals surface area contributed by atoms with Gasteiger partial charge < -0.3 is 14.3 Å². The van der Waals surface area contributed by atoms with E-state index in [1.807, 2.05) is 13.8 Å². The number of hydrogen-bond acceptors (Lipinski definition) is 5. The van der Waals surface area contributed by atoms with Crippen LogP contribution in [0.4, 0.5) is 0 Å². The maximum atomic E-state index is 12.8. The van der Waals surface area contributed by atoms with Crippen LogP contribution in [0.2, 0.25) is 18.1 Å². The Labute approximate surface area is 188 Å². The van der Waals surface area contributed by atoms with E-state index in [9.17, 15) is 18.3 Å². The molecule has 0 unspecified atom stereocenters. The Kier molecular flexibility index (Phi) is 8.52. The molecule has 1 aliphatic rings. The number of carbonyl (C=O) groups is 1. The van der Waals surface area contributed by atoms with Crippen molar-refractivity contribution >= 4 is 24.1 Å². The first-order valence-corrected chi connectivity index (χ1v) is 15.5. The van der Waals surface area contributed by atoms with Crippen LogP contribution >= 0.6 is 0 Å². The molecule has 6 nitrogen and oxygen atoms in total. The Bertz CT molecular complexity index is 831. The van der Waals surface area contributed by atoms with E-state index in [0.29, 0.717) is 0 Å². The lowest BCUT2D eigenvalue weighted by Crippen LogP contribution is -2.62. The van der Waals surface area contributed by atoms with E-state index in [2.05, 4.69) is 20.8 Å². The SMILES string of the molecule is CC[Si](CC)(CC)O[C@@H]1[C@H](C)[C@H](CCS(=O)(=O)c2ccccc2)O[C@](C)(C(=O)O)[C@H]1C. The molecule has 1 heterocycles. The molecule has 1 saturated heterocycles. The zero-order chi connectivity index (χ0) is 23.4. The van der Waals surface area contributed by atoms with Crippen molar-refractivity contribution in [2.45, 2.75) is 88.8 Å². The third-order valence-corrected chi connectivity index (χ3v) is 13.8. The van der Waals surface area contributed by atoms with Gasteiger partial charge in [0.1, 0.15) is 0 Å². The van der Waals surface area contributed by atoms with Crippen molar-refractivity contribution in [3.05, 3.63) is 30.3 Å². The highest BCUT2D eigenvalue weighted by Gasteiger charge is 2.54. The molecule has 2 rings (SSSR count). The average Bonchev–Trinajstić information content (AvgIpc) is 2.76. The molecule has 1 aromatic carbocycles. The van der Waals surface area contributed by atoms with Gasteiger partial charge in [-0.25, -0.2) is 13.2 Å². The van der Waals surface area contributed by atoms with Crippen LogP contribution < -0.4 is 0 Å². The normalized spacial score (nSPS) is 29.6. The van der Waals surface area contributed by atoms with E-state index in [0.717, 1.165) is 18.1 Å². The third kappa shape index (κ3) is 5.41. The molecule has 8 heteroatoms. The monoisotopic (exact) mass is 470 g/mol. The van der Waals surface area contributed by atoms with Crippen molar-refractivity contribution in [1.29, 1.82) is 0 Å². The second-order valence-corrected chi connectivity index (χ2v) is 15.8. The Balaban J connectivity index is 2.31. The maximum Gasteiger partial charge on any atom is 0.336 e. The predicted octanol–water partition coefficient (Wildman–Crippen LogP) is 4.76. The van der Waals surface area contributed by atoms with Crippen LogP contribution in [0.15, 0.2) is 35.2 Å². The van der Waals surface area contributed by atoms with Gasteiger partial charge in [-0.1, -0.05) is 52.8 Å². The summed E-state index contributed by atoms with van der Waals surface area (Å²) >= 11 is 0. The molecule has 176 valence electrons. The molecule has 1 N–H and O–H groups in total. The first-order valence-electron chi connectivity index (χ1n) is 11.3. The summed E-state index contributed by atoms with van der Waals surface area (Å²) in [5.41, 5.74) is -1.42. The molecule has 1 aliphatic heterocycles. The Morgan fingerprint density at radius 3 is 2.16 bits per heavy atom. The molecule has 0 spiro atoms. The third-order valence-electron chi connectivity index (χ3n) is 7.38. The van der Waals surface area contributed by atoms with Crippen LogP contribution in [0, 0.1) is 11.8 Å². The number of carboxylic acid groups (broad SMARTS) is 1. The van der Waals surface area contributed by atoms with Gasteiger partial charge in [0.2, 0.25) is 0 Å². The van der Waals surface area contributed by atoms with Crippen LogP contribution in [0.3, 0.4) is 0 Å². The number of sulfone groups is 1. The molecule has 1 aromatic rings. The van der Waals surface area contributed by atoms with Gasteiger partial charge in [0.15, 0.2) is 23.8 Å². The summed E-state index contributed by atoms with van der Waals surface area (Å²) in [7, 11) is -5.47. The zero-order valence-corrected chi connectivity index (χ0v) is 21.4. The van der Waals surface area contributed by atoms with Crippen molar-refractivity contribution in [3.8, 4) is 0 Å². The minimum absolute atomic E-state index is 0.0965. The molecule has 0 saturated carbocycles. The molecule has 0 bridgehead atoms. The van der Waals surface area contributed by atoms with Crippen molar-refractivity contribution < 1.29 is 27.5 Å². The molecule has 1 fully saturated rings. The summed E-state index contributed by atoms with van der Waals surface area (Å²) in [6.45, 7) is 11.9. The molecule has 0 radical (unpaired) electrons. The fourth-order valence-electron chi connectivity index (χ4n) is 4.59. The van der Waals surface area contributed by atoms with Crippen molar-refractivity contribution in [2.24, 2.45) is 11.8 Å². The number of ether oxygens (including phenoxy) is 1. The van der Waals surface area contributed by atoms with Gasteiger partial charge in [-0.3, -0.25) is 0 Å². The highest BCUT2D eigenvalue weighted by Crippen LogP contribution is 2.43. The highest BCUT2D eigenvalue weighted by molar-refractivity contribution is 7.91. The summed E-state index contributed by atoms with van der Waals surface area (Å²) < 4.78 is 38.5. The smallest absolute Gasteiger partial charge is 0.336 e. The van der Waals surface area contributed by atoms with Gasteiger partial charge >= 0.3 is 5.97 Å². The van der Waals surface area contributed by atoms with Gasteiger partial charge in [-0.15, -0.1) is 0 Å². The Morgan fingerprint density at radius 2 is 1.68 bits per heavy atom. The van der Waals surface area contributed by atoms with Crippen molar-refractivity contribution in [1.82, 2.24) is 0 Å². The fraction of sp³-hybridized carbons (Fsp3) is 0.696. The summed E-state index contributed by atoms with van der Waals surface area (Å²) in [5.74, 6) is -1.59. The number of carboxylic acids is 1. The zero-order valence-electron chi connectivity index (χ0n) is 19.6. The van der Waals surface area contributed by atoms with Crippen LogP contribution in [-0.2, 0) is 23.8 Å². The van der Waals surface area contributed by atoms with Crippen LogP contribution in [0.25, 0.3) is 0 Å². The minimum atomic E-state index is -3.48. The number of aliphatic carboxylic acids is 1. The molecule has 0 amide bonds. The van der Waals surface area contributed by atoms with Gasteiger partial charge in [-0.2, -0.15) is 0 Å². The van der Waals surface area contributed by atoms with Gasteiger partial charge in [-0.05, 0) is 43.6 Å². The first-order chi connectivity index (χ1) is 14.5. The standard InChI is InChI=1S/C23H38O6SSi/c1-7-31(8-2,9-3)29-21-17(4)20(28-23(6,18(21)5)22(24)25)15-16-30(26,27)19-13-11-10-12-14-19/h10-14,17-18,20-21H,7-9,15-16H2,1-6H3,(H,24,25)/t17-,18+,20+,21-,23+/m1/s1. The molecular weight excluding hydrogens is 432 g/mol. The van der Waals surface area contributed by atoms with Crippen molar-refractivity contribution in [2.75, 3.05) is 5.75 Å². The lowest BCUT2D eigenvalue weighted by Gasteiger charge is -2.51. The van der Waals surface area contributed by atoms with Gasteiger partial charge in [0.05, 0.1) is 22.9 Å². The van der Waals surface area contributed by atoms with Crippen molar-refractivity contribution in [3.63, 3.8) is 0 Å². The Hall–Kier alpha value is -1.22. The van der Waals surface area contributed by atoms with Crippen LogP contribution in [-0.4, -0.2) is 51.4 Å². The number of benzene rings is 1. The molecule has 5 atom stereocenters. The summed E-state index contributed by atoms with van der Waals surface area (Å²) in [6.07, 6.45) is -0.573. The fourth-order valence-corrected chi connectivity index (χ4v) is 8.94. The molecule has 31 heavy (non-hydrogen) atoms. The van der Waals surface area contributed by atoms with E-state index >= 15 is 0 Å². The molecule has 0 aromatic heterocycles. The number of rotatable bonds is 10. The maximum absolute atomic E-state index is 12.8. The lowest BCUT2D eigenvalue weighted by atomic mass is 9.75. The topological polar surface area (TPSA) is 89.9 Å². The second kappa shape index (κ2) is 10.1. The molecular formula is C23H38O6SSi. The van der Waals surface area contributed by atoms with Crippen LogP contribution in [0.1, 0.15) is 48.0 Å². The summed E-state index contributed by atoms with van der Waals surface area (Å²) in [6, 6.07) is 11.2. The quantitative estimate of drug-likeness (QED) is 0.496. The average molecular weight is 471 g/mol. The lowest BCUT2D eigenvalue weighted by molar-refractivity contribution is -0.223. The molecule has 0 aliphatic carbocycles. The summed E-state index contributed by atoms with van der Waals surface area (Å²) in [5, 5.41) is 9.98. The van der Waals surface area contributed by atoms with Crippen LogP contribution in [0.5, 0.6) is 0 Å². The highest BCUT2D eigenvalue weighted by atomic mass is 32.2. The van der Waals surface area contributed by atoms with E-state index < -0.39 is 35.8 Å². The Morgan fingerprint density at radius 1 is 1.13 bits per heavy atom. The van der Waals surface area contributed by atoms with Gasteiger partial charge in [0.25, 0.3) is 0 Å². The van der Waals surface area contributed by atoms with E-state index in [-0.39, 0.29) is 35.0 Å². The van der Waals surface area contributed by atoms with E-state index in [4.69, 9.17) is 9.16 Å². The van der Waals surface area contributed by atoms with E-state index in [1.165, 1.54) is 0 Å². The van der Waals surface area contributed by atoms with Gasteiger partial charge in [0, 0.05) is 11.8 Å².